The predicted octanol–water partition coefficient (Wildman–Crippen LogP) is 5.07. The smallest absolute Gasteiger partial charge is 0.241 e. The molecule has 0 bridgehead atoms. The van der Waals surface area contributed by atoms with Gasteiger partial charge in [0.05, 0.1) is 17.0 Å². The van der Waals surface area contributed by atoms with Crippen LogP contribution in [-0.2, 0) is 10.0 Å². The van der Waals surface area contributed by atoms with Gasteiger partial charge in [0.2, 0.25) is 10.0 Å². The molecule has 0 aliphatic heterocycles. The van der Waals surface area contributed by atoms with Crippen LogP contribution in [0.3, 0.4) is 0 Å². The molecule has 4 rings (SSSR count). The average Bonchev–Trinajstić information content (AvgIpc) is 2.84. The molecule has 4 aromatic carbocycles. The molecule has 0 amide bonds. The molecule has 0 heterocycles. The Morgan fingerprint density at radius 2 is 1.03 bits per heavy atom. The Morgan fingerprint density at radius 3 is 1.58 bits per heavy atom. The summed E-state index contributed by atoms with van der Waals surface area (Å²) < 4.78 is 29.3. The molecule has 0 fully saturated rings. The van der Waals surface area contributed by atoms with Crippen LogP contribution < -0.4 is 10.5 Å². The zero-order valence-electron chi connectivity index (χ0n) is 16.9. The van der Waals surface area contributed by atoms with E-state index in [9.17, 15) is 8.42 Å². The molecule has 0 radical (unpaired) electrons. The molecule has 0 aliphatic carbocycles. The number of nitrogens with two attached hydrogens (primary N) is 1. The van der Waals surface area contributed by atoms with Gasteiger partial charge in [-0.2, -0.15) is 0 Å². The van der Waals surface area contributed by atoms with Crippen LogP contribution in [0.25, 0.3) is 11.1 Å². The van der Waals surface area contributed by atoms with Gasteiger partial charge < -0.3 is 5.73 Å². The Labute approximate surface area is 183 Å². The van der Waals surface area contributed by atoms with Crippen LogP contribution in [0, 0.1) is 0 Å². The monoisotopic (exact) mass is 428 g/mol. The van der Waals surface area contributed by atoms with E-state index in [1.165, 1.54) is 0 Å². The number of hydrogen-bond donors (Lipinski definition) is 2. The number of benzene rings is 4. The highest BCUT2D eigenvalue weighted by molar-refractivity contribution is 7.89. The van der Waals surface area contributed by atoms with Crippen LogP contribution in [0.2, 0.25) is 0 Å². The molecule has 0 aromatic heterocycles. The van der Waals surface area contributed by atoms with Crippen molar-refractivity contribution < 1.29 is 8.42 Å². The first-order valence-corrected chi connectivity index (χ1v) is 11.6. The third kappa shape index (κ3) is 4.91. The summed E-state index contributed by atoms with van der Waals surface area (Å²) in [6, 6.07) is 34.5. The fourth-order valence-electron chi connectivity index (χ4n) is 3.57. The summed E-state index contributed by atoms with van der Waals surface area (Å²) >= 11 is 0. The van der Waals surface area contributed by atoms with E-state index in [0.29, 0.717) is 0 Å². The summed E-state index contributed by atoms with van der Waals surface area (Å²) in [4.78, 5) is 0.202. The fraction of sp³-hybridized carbons (Fsp3) is 0.0769. The molecule has 31 heavy (non-hydrogen) atoms. The Kier molecular flexibility index (Phi) is 6.28. The van der Waals surface area contributed by atoms with Gasteiger partial charge in [-0.05, 0) is 34.4 Å². The standard InChI is InChI=1S/C26H24N2O2S/c27-25(22-12-6-2-7-13-22)26(23-14-8-3-9-15-23)28-31(29,30)24-18-16-21(17-19-24)20-10-4-1-5-11-20/h1-19,25-26,28H,27H2/t25-,26-/m0/s1. The fourth-order valence-corrected chi connectivity index (χ4v) is 4.82. The minimum atomic E-state index is -3.79. The largest absolute Gasteiger partial charge is 0.322 e. The molecule has 4 nitrogen and oxygen atoms in total. The van der Waals surface area contributed by atoms with Crippen LogP contribution in [0.15, 0.2) is 120 Å². The second-order valence-corrected chi connectivity index (χ2v) is 9.05. The molecule has 156 valence electrons. The Morgan fingerprint density at radius 1 is 0.581 bits per heavy atom. The summed E-state index contributed by atoms with van der Waals surface area (Å²) in [5.41, 5.74) is 10.2. The van der Waals surface area contributed by atoms with Gasteiger partial charge in [-0.3, -0.25) is 0 Å². The highest BCUT2D eigenvalue weighted by Crippen LogP contribution is 2.29. The molecule has 2 atom stereocenters. The van der Waals surface area contributed by atoms with Crippen molar-refractivity contribution in [3.63, 3.8) is 0 Å². The van der Waals surface area contributed by atoms with Gasteiger partial charge in [0, 0.05) is 0 Å². The van der Waals surface area contributed by atoms with Gasteiger partial charge in [-0.25, -0.2) is 13.1 Å². The van der Waals surface area contributed by atoms with E-state index >= 15 is 0 Å². The minimum absolute atomic E-state index is 0.202. The van der Waals surface area contributed by atoms with E-state index in [-0.39, 0.29) is 4.90 Å². The number of nitrogens with one attached hydrogen (secondary N) is 1. The van der Waals surface area contributed by atoms with Gasteiger partial charge >= 0.3 is 0 Å². The quantitative estimate of drug-likeness (QED) is 0.431. The maximum absolute atomic E-state index is 13.2. The van der Waals surface area contributed by atoms with Gasteiger partial charge in [-0.15, -0.1) is 0 Å². The van der Waals surface area contributed by atoms with Crippen molar-refractivity contribution in [2.45, 2.75) is 17.0 Å². The van der Waals surface area contributed by atoms with E-state index < -0.39 is 22.1 Å². The van der Waals surface area contributed by atoms with Crippen LogP contribution in [0.5, 0.6) is 0 Å². The van der Waals surface area contributed by atoms with Crippen LogP contribution in [-0.4, -0.2) is 8.42 Å². The van der Waals surface area contributed by atoms with Crippen molar-refractivity contribution in [2.24, 2.45) is 5.73 Å². The second-order valence-electron chi connectivity index (χ2n) is 7.34. The van der Waals surface area contributed by atoms with Crippen molar-refractivity contribution >= 4 is 10.0 Å². The summed E-state index contributed by atoms with van der Waals surface area (Å²) in [7, 11) is -3.79. The first-order chi connectivity index (χ1) is 15.0. The SMILES string of the molecule is N[C@@H](c1ccccc1)[C@@H](NS(=O)(=O)c1ccc(-c2ccccc2)cc1)c1ccccc1. The lowest BCUT2D eigenvalue weighted by Crippen LogP contribution is -2.36. The summed E-state index contributed by atoms with van der Waals surface area (Å²) in [6.45, 7) is 0. The number of rotatable bonds is 7. The summed E-state index contributed by atoms with van der Waals surface area (Å²) in [5, 5.41) is 0. The van der Waals surface area contributed by atoms with Crippen molar-refractivity contribution in [3.05, 3.63) is 126 Å². The first-order valence-electron chi connectivity index (χ1n) is 10.1. The van der Waals surface area contributed by atoms with E-state index in [2.05, 4.69) is 4.72 Å². The van der Waals surface area contributed by atoms with Crippen molar-refractivity contribution in [1.82, 2.24) is 4.72 Å². The van der Waals surface area contributed by atoms with Crippen molar-refractivity contribution in [2.75, 3.05) is 0 Å². The third-order valence-electron chi connectivity index (χ3n) is 5.26. The van der Waals surface area contributed by atoms with Gasteiger partial charge in [0.15, 0.2) is 0 Å². The summed E-state index contributed by atoms with van der Waals surface area (Å²) in [6.07, 6.45) is 0. The molecule has 0 saturated heterocycles. The lowest BCUT2D eigenvalue weighted by molar-refractivity contribution is 0.504. The van der Waals surface area contributed by atoms with Gasteiger partial charge in [0.25, 0.3) is 0 Å². The van der Waals surface area contributed by atoms with E-state index in [1.807, 2.05) is 103 Å². The average molecular weight is 429 g/mol. The normalized spacial score (nSPS) is 13.5. The van der Waals surface area contributed by atoms with Crippen LogP contribution in [0.4, 0.5) is 0 Å². The Bertz CT molecular complexity index is 1210. The zero-order valence-corrected chi connectivity index (χ0v) is 17.7. The maximum atomic E-state index is 13.2. The molecule has 0 saturated carbocycles. The first kappa shape index (κ1) is 21.0. The molecule has 3 N–H and O–H groups in total. The maximum Gasteiger partial charge on any atom is 0.241 e. The molecule has 0 aliphatic rings. The lowest BCUT2D eigenvalue weighted by Gasteiger charge is -2.26. The highest BCUT2D eigenvalue weighted by atomic mass is 32.2. The zero-order chi connectivity index (χ0) is 21.7. The Hall–Kier alpha value is -3.25. The van der Waals surface area contributed by atoms with Crippen molar-refractivity contribution in [1.29, 1.82) is 0 Å². The molecule has 4 aromatic rings. The van der Waals surface area contributed by atoms with E-state index in [1.54, 1.807) is 12.1 Å². The molecule has 0 unspecified atom stereocenters. The molecule has 0 spiro atoms. The topological polar surface area (TPSA) is 72.2 Å². The second kappa shape index (κ2) is 9.27. The van der Waals surface area contributed by atoms with Gasteiger partial charge in [0.1, 0.15) is 0 Å². The van der Waals surface area contributed by atoms with E-state index in [0.717, 1.165) is 22.3 Å². The number of hydrogen-bond acceptors (Lipinski definition) is 3. The lowest BCUT2D eigenvalue weighted by atomic mass is 9.95. The number of sulfonamides is 1. The highest BCUT2D eigenvalue weighted by Gasteiger charge is 2.27. The molecule has 5 heteroatoms. The predicted molar refractivity (Wildman–Crippen MR) is 125 cm³/mol. The molecular formula is C26H24N2O2S. The Balaban J connectivity index is 1.64. The van der Waals surface area contributed by atoms with Crippen molar-refractivity contribution in [3.8, 4) is 11.1 Å². The third-order valence-corrected chi connectivity index (χ3v) is 6.71. The minimum Gasteiger partial charge on any atom is -0.322 e. The molecular weight excluding hydrogens is 404 g/mol. The summed E-state index contributed by atoms with van der Waals surface area (Å²) in [5.74, 6) is 0. The van der Waals surface area contributed by atoms with Crippen LogP contribution in [0.1, 0.15) is 23.2 Å². The van der Waals surface area contributed by atoms with Gasteiger partial charge in [-0.1, -0.05) is 103 Å². The van der Waals surface area contributed by atoms with Crippen LogP contribution >= 0.6 is 0 Å². The van der Waals surface area contributed by atoms with E-state index in [4.69, 9.17) is 5.73 Å².